The fraction of sp³-hybridized carbons (Fsp3) is 0.545. The predicted molar refractivity (Wildman–Crippen MR) is 80.0 cm³/mol. The summed E-state index contributed by atoms with van der Waals surface area (Å²) in [6, 6.07) is -0.400. The topological polar surface area (TPSA) is 120 Å². The molecule has 1 rings (SSSR count). The zero-order valence-electron chi connectivity index (χ0n) is 12.1. The van der Waals surface area contributed by atoms with E-state index in [2.05, 4.69) is 11.6 Å². The van der Waals surface area contributed by atoms with Gasteiger partial charge in [0.2, 0.25) is 0 Å². The quantitative estimate of drug-likeness (QED) is 0.632. The number of likely N-dealkylation sites (N-methyl/N-ethyl adjacent to an activating group) is 1. The molecule has 0 fully saturated rings. The van der Waals surface area contributed by atoms with Crippen LogP contribution in [0.1, 0.15) is 20.3 Å². The highest BCUT2D eigenvalue weighted by molar-refractivity contribution is 7.70. The van der Waals surface area contributed by atoms with Crippen LogP contribution < -0.4 is 0 Å². The van der Waals surface area contributed by atoms with Gasteiger partial charge in [-0.2, -0.15) is 0 Å². The van der Waals surface area contributed by atoms with Gasteiger partial charge in [-0.3, -0.25) is 4.57 Å². The summed E-state index contributed by atoms with van der Waals surface area (Å²) < 4.78 is 27.8. The van der Waals surface area contributed by atoms with Crippen molar-refractivity contribution in [1.29, 1.82) is 0 Å². The van der Waals surface area contributed by atoms with Gasteiger partial charge in [0.1, 0.15) is 11.5 Å². The third kappa shape index (κ3) is 4.80. The van der Waals surface area contributed by atoms with Crippen LogP contribution in [0.15, 0.2) is 29.1 Å². The second kappa shape index (κ2) is 6.46. The van der Waals surface area contributed by atoms with E-state index >= 15 is 0 Å². The first-order valence-corrected chi connectivity index (χ1v) is 9.79. The molecule has 1 aliphatic heterocycles. The highest BCUT2D eigenvalue weighted by Gasteiger charge is 2.36. The van der Waals surface area contributed by atoms with Crippen molar-refractivity contribution < 1.29 is 28.3 Å². The molecule has 3 N–H and O–H groups in total. The van der Waals surface area contributed by atoms with Crippen LogP contribution in [0.3, 0.4) is 0 Å². The first kappa shape index (κ1) is 18.1. The van der Waals surface area contributed by atoms with E-state index in [1.54, 1.807) is 18.9 Å². The van der Waals surface area contributed by atoms with Crippen LogP contribution in [0.2, 0.25) is 0 Å². The van der Waals surface area contributed by atoms with Crippen molar-refractivity contribution in [2.75, 3.05) is 13.0 Å². The predicted octanol–water partition coefficient (Wildman–Crippen LogP) is 1.86. The van der Waals surface area contributed by atoms with E-state index in [4.69, 9.17) is 14.3 Å². The second-order valence-electron chi connectivity index (χ2n) is 4.66. The van der Waals surface area contributed by atoms with E-state index in [0.717, 1.165) is 5.84 Å². The Hall–Kier alpha value is -0.910. The van der Waals surface area contributed by atoms with E-state index in [9.17, 15) is 14.0 Å². The summed E-state index contributed by atoms with van der Waals surface area (Å²) in [6.45, 7) is 7.23. The molecule has 8 nitrogen and oxygen atoms in total. The van der Waals surface area contributed by atoms with Gasteiger partial charge in [0, 0.05) is 13.5 Å². The number of amidine groups is 1. The third-order valence-electron chi connectivity index (χ3n) is 2.98. The van der Waals surface area contributed by atoms with Crippen LogP contribution >= 0.6 is 15.2 Å². The summed E-state index contributed by atoms with van der Waals surface area (Å²) >= 11 is 0. The number of aliphatic imine (C=N–C) groups is 1. The van der Waals surface area contributed by atoms with Crippen molar-refractivity contribution in [3.05, 3.63) is 24.1 Å². The van der Waals surface area contributed by atoms with Crippen LogP contribution in [-0.4, -0.2) is 44.4 Å². The number of hydrogen-bond donors (Lipinski definition) is 3. The van der Waals surface area contributed by atoms with Crippen LogP contribution in [0.4, 0.5) is 0 Å². The highest BCUT2D eigenvalue weighted by Crippen LogP contribution is 2.57. The van der Waals surface area contributed by atoms with E-state index in [1.807, 2.05) is 6.92 Å². The van der Waals surface area contributed by atoms with E-state index < -0.39 is 27.1 Å². The summed E-state index contributed by atoms with van der Waals surface area (Å²) in [5.41, 5.74) is 0.289. The molecule has 10 heteroatoms. The van der Waals surface area contributed by atoms with Gasteiger partial charge in [0.05, 0.1) is 6.04 Å². The zero-order valence-corrected chi connectivity index (χ0v) is 13.9. The number of rotatable bonds is 6. The molecule has 0 bridgehead atoms. The fourth-order valence-corrected chi connectivity index (χ4v) is 4.55. The van der Waals surface area contributed by atoms with Gasteiger partial charge in [-0.05, 0) is 13.0 Å². The Kier molecular flexibility index (Phi) is 5.58. The van der Waals surface area contributed by atoms with E-state index in [0.29, 0.717) is 6.42 Å². The van der Waals surface area contributed by atoms with Crippen molar-refractivity contribution in [2.24, 2.45) is 4.99 Å². The molecule has 0 aliphatic carbocycles. The standard InChI is InChI=1S/C11H20N2O6P2/c1-5-9-11(8(3)13(4)10(6-2)12-9)19-21(17,18)7-20(14,15)16/h5,8H,1,6-7H2,2-4H3,(H,17,18)(H2,14,15,16)/t8-/m0/s1. The largest absolute Gasteiger partial charge is 0.424 e. The second-order valence-corrected chi connectivity index (χ2v) is 8.58. The van der Waals surface area contributed by atoms with Crippen LogP contribution in [0.5, 0.6) is 0 Å². The first-order valence-electron chi connectivity index (χ1n) is 6.23. The SMILES string of the molecule is C=CC1=C(OP(=O)(O)CP(=O)(O)O)[C@H](C)N(C)C(CC)=N1. The Morgan fingerprint density at radius 3 is 2.43 bits per heavy atom. The van der Waals surface area contributed by atoms with Crippen molar-refractivity contribution in [3.63, 3.8) is 0 Å². The molecule has 21 heavy (non-hydrogen) atoms. The lowest BCUT2D eigenvalue weighted by Crippen LogP contribution is -2.39. The summed E-state index contributed by atoms with van der Waals surface area (Å²) in [4.78, 5) is 33.3. The summed E-state index contributed by atoms with van der Waals surface area (Å²) in [6.07, 6.45) is 2.04. The number of allylic oxidation sites excluding steroid dienone is 1. The van der Waals surface area contributed by atoms with Gasteiger partial charge in [0.25, 0.3) is 0 Å². The van der Waals surface area contributed by atoms with Gasteiger partial charge < -0.3 is 24.1 Å². The lowest BCUT2D eigenvalue weighted by molar-refractivity contribution is 0.260. The molecule has 0 aromatic rings. The molecule has 0 spiro atoms. The summed E-state index contributed by atoms with van der Waals surface area (Å²) in [5.74, 6) is -0.411. The van der Waals surface area contributed by atoms with Crippen molar-refractivity contribution in [3.8, 4) is 0 Å². The van der Waals surface area contributed by atoms with Gasteiger partial charge in [0.15, 0.2) is 11.7 Å². The lowest BCUT2D eigenvalue weighted by Gasteiger charge is -2.34. The minimum absolute atomic E-state index is 0.0731. The van der Waals surface area contributed by atoms with E-state index in [-0.39, 0.29) is 11.5 Å². The molecule has 0 aromatic heterocycles. The highest BCUT2D eigenvalue weighted by atomic mass is 31.2. The van der Waals surface area contributed by atoms with Crippen LogP contribution in [0, 0.1) is 0 Å². The minimum atomic E-state index is -4.67. The van der Waals surface area contributed by atoms with Crippen LogP contribution in [0.25, 0.3) is 0 Å². The molecule has 0 aromatic carbocycles. The van der Waals surface area contributed by atoms with Gasteiger partial charge in [-0.15, -0.1) is 0 Å². The minimum Gasteiger partial charge on any atom is -0.424 e. The Balaban J connectivity index is 3.17. The zero-order chi connectivity index (χ0) is 16.4. The molecular weight excluding hydrogens is 318 g/mol. The molecule has 1 heterocycles. The Labute approximate surface area is 123 Å². The Morgan fingerprint density at radius 2 is 2.00 bits per heavy atom. The molecule has 1 unspecified atom stereocenters. The van der Waals surface area contributed by atoms with Gasteiger partial charge >= 0.3 is 15.2 Å². The summed E-state index contributed by atoms with van der Waals surface area (Å²) in [5, 5.41) is 0. The van der Waals surface area contributed by atoms with Crippen molar-refractivity contribution in [2.45, 2.75) is 26.3 Å². The molecule has 2 atom stereocenters. The van der Waals surface area contributed by atoms with Gasteiger partial charge in [-0.25, -0.2) is 9.56 Å². The fourth-order valence-electron chi connectivity index (χ4n) is 1.90. The van der Waals surface area contributed by atoms with Crippen LogP contribution in [-0.2, 0) is 13.7 Å². The molecule has 120 valence electrons. The third-order valence-corrected chi connectivity index (χ3v) is 6.37. The van der Waals surface area contributed by atoms with Crippen molar-refractivity contribution >= 4 is 21.0 Å². The summed E-state index contributed by atoms with van der Waals surface area (Å²) in [7, 11) is -7.41. The maximum Gasteiger partial charge on any atom is 0.388 e. The molecular formula is C11H20N2O6P2. The monoisotopic (exact) mass is 338 g/mol. The molecule has 0 saturated carbocycles. The average Bonchev–Trinajstić information content (AvgIpc) is 2.32. The van der Waals surface area contributed by atoms with E-state index in [1.165, 1.54) is 6.08 Å². The maximum absolute atomic E-state index is 11.9. The normalized spacial score (nSPS) is 22.7. The molecule has 1 aliphatic rings. The first-order chi connectivity index (χ1) is 9.50. The molecule has 0 saturated heterocycles. The number of nitrogens with zero attached hydrogens (tertiary/aromatic N) is 2. The Bertz CT molecular complexity index is 579. The smallest absolute Gasteiger partial charge is 0.388 e. The number of hydrogen-bond acceptors (Lipinski definition) is 5. The lowest BCUT2D eigenvalue weighted by atomic mass is 10.1. The Morgan fingerprint density at radius 1 is 1.43 bits per heavy atom. The molecule has 0 radical (unpaired) electrons. The molecule has 0 amide bonds. The average molecular weight is 338 g/mol. The van der Waals surface area contributed by atoms with Crippen molar-refractivity contribution in [1.82, 2.24) is 4.90 Å². The van der Waals surface area contributed by atoms with Gasteiger partial charge in [-0.1, -0.05) is 13.5 Å². The maximum atomic E-state index is 11.9.